The molecule has 2 aliphatic heterocycles. The second-order valence-electron chi connectivity index (χ2n) is 7.24. The Morgan fingerprint density at radius 1 is 1.32 bits per heavy atom. The molecule has 0 aromatic carbocycles. The SMILES string of the molecule is Cc1nc(CN2C(=O)c3cccn3[C@H]3CN(C(=O)C4CC4)C[C@H]32)cs1. The van der Waals surface area contributed by atoms with Crippen molar-refractivity contribution < 1.29 is 9.59 Å². The van der Waals surface area contributed by atoms with Crippen LogP contribution in [0.1, 0.15) is 40.1 Å². The van der Waals surface area contributed by atoms with Crippen LogP contribution < -0.4 is 0 Å². The van der Waals surface area contributed by atoms with Gasteiger partial charge in [0.25, 0.3) is 5.91 Å². The molecule has 2 aromatic heterocycles. The average Bonchev–Trinajstić information content (AvgIpc) is 2.98. The third kappa shape index (κ3) is 2.40. The Hall–Kier alpha value is -2.15. The van der Waals surface area contributed by atoms with Gasteiger partial charge in [0.15, 0.2) is 0 Å². The van der Waals surface area contributed by atoms with Crippen molar-refractivity contribution in [3.05, 3.63) is 40.1 Å². The highest BCUT2D eigenvalue weighted by Gasteiger charge is 2.48. The van der Waals surface area contributed by atoms with Gasteiger partial charge in [0.05, 0.1) is 29.3 Å². The zero-order chi connectivity index (χ0) is 17.1. The number of thiazole rings is 1. The summed E-state index contributed by atoms with van der Waals surface area (Å²) in [5.41, 5.74) is 1.65. The molecular formula is C18H20N4O2S. The average molecular weight is 356 g/mol. The van der Waals surface area contributed by atoms with Crippen LogP contribution in [-0.4, -0.2) is 50.3 Å². The van der Waals surface area contributed by atoms with E-state index >= 15 is 0 Å². The Labute approximate surface area is 150 Å². The maximum Gasteiger partial charge on any atom is 0.271 e. The summed E-state index contributed by atoms with van der Waals surface area (Å²) in [4.78, 5) is 34.0. The Kier molecular flexibility index (Phi) is 3.28. The second kappa shape index (κ2) is 5.42. The molecule has 2 atom stereocenters. The van der Waals surface area contributed by atoms with Gasteiger partial charge in [-0.1, -0.05) is 0 Å². The molecule has 130 valence electrons. The van der Waals surface area contributed by atoms with Crippen LogP contribution in [0.2, 0.25) is 0 Å². The first kappa shape index (κ1) is 15.1. The molecular weight excluding hydrogens is 336 g/mol. The van der Waals surface area contributed by atoms with Gasteiger partial charge in [-0.25, -0.2) is 4.98 Å². The molecule has 4 heterocycles. The molecule has 0 bridgehead atoms. The third-order valence-corrected chi connectivity index (χ3v) is 6.34. The largest absolute Gasteiger partial charge is 0.338 e. The van der Waals surface area contributed by atoms with E-state index in [1.807, 2.05) is 40.4 Å². The first-order chi connectivity index (χ1) is 12.1. The Balaban J connectivity index is 1.48. The van der Waals surface area contributed by atoms with Crippen molar-refractivity contribution in [2.45, 2.75) is 38.4 Å². The van der Waals surface area contributed by atoms with Gasteiger partial charge < -0.3 is 14.4 Å². The minimum Gasteiger partial charge on any atom is -0.338 e. The second-order valence-corrected chi connectivity index (χ2v) is 8.31. The molecule has 5 rings (SSSR count). The van der Waals surface area contributed by atoms with E-state index in [4.69, 9.17) is 0 Å². The number of aromatic nitrogens is 2. The molecule has 1 aliphatic carbocycles. The van der Waals surface area contributed by atoms with E-state index in [1.54, 1.807) is 11.3 Å². The lowest BCUT2D eigenvalue weighted by molar-refractivity contribution is -0.131. The van der Waals surface area contributed by atoms with Gasteiger partial charge in [0.1, 0.15) is 5.69 Å². The minimum atomic E-state index is 0.0251. The summed E-state index contributed by atoms with van der Waals surface area (Å²) in [6.07, 6.45) is 4.00. The quantitative estimate of drug-likeness (QED) is 0.846. The van der Waals surface area contributed by atoms with Crippen molar-refractivity contribution in [2.75, 3.05) is 13.1 Å². The van der Waals surface area contributed by atoms with Gasteiger partial charge in [-0.05, 0) is 31.9 Å². The molecule has 0 unspecified atom stereocenters. The van der Waals surface area contributed by atoms with E-state index in [0.717, 1.165) is 23.5 Å². The molecule has 6 nitrogen and oxygen atoms in total. The van der Waals surface area contributed by atoms with Gasteiger partial charge in [-0.3, -0.25) is 9.59 Å². The maximum absolute atomic E-state index is 13.0. The highest BCUT2D eigenvalue weighted by Crippen LogP contribution is 2.38. The van der Waals surface area contributed by atoms with Gasteiger partial charge in [0.2, 0.25) is 5.91 Å². The molecule has 2 amide bonds. The van der Waals surface area contributed by atoms with E-state index in [9.17, 15) is 9.59 Å². The topological polar surface area (TPSA) is 58.4 Å². The summed E-state index contributed by atoms with van der Waals surface area (Å²) >= 11 is 1.61. The molecule has 0 N–H and O–H groups in total. The zero-order valence-electron chi connectivity index (χ0n) is 14.1. The number of hydrogen-bond donors (Lipinski definition) is 0. The van der Waals surface area contributed by atoms with Crippen molar-refractivity contribution >= 4 is 23.2 Å². The summed E-state index contributed by atoms with van der Waals surface area (Å²) in [7, 11) is 0. The number of carbonyl (C=O) groups is 2. The lowest BCUT2D eigenvalue weighted by Gasteiger charge is -2.37. The van der Waals surface area contributed by atoms with E-state index in [0.29, 0.717) is 25.3 Å². The third-order valence-electron chi connectivity index (χ3n) is 5.51. The number of hydrogen-bond acceptors (Lipinski definition) is 4. The summed E-state index contributed by atoms with van der Waals surface area (Å²) in [6.45, 7) is 3.82. The van der Waals surface area contributed by atoms with Crippen LogP contribution in [0.25, 0.3) is 0 Å². The van der Waals surface area contributed by atoms with Gasteiger partial charge >= 0.3 is 0 Å². The van der Waals surface area contributed by atoms with E-state index in [2.05, 4.69) is 9.55 Å². The summed E-state index contributed by atoms with van der Waals surface area (Å²) in [5, 5.41) is 3.03. The number of nitrogens with zero attached hydrogens (tertiary/aromatic N) is 4. The van der Waals surface area contributed by atoms with Crippen molar-refractivity contribution in [3.63, 3.8) is 0 Å². The van der Waals surface area contributed by atoms with E-state index in [-0.39, 0.29) is 29.8 Å². The standard InChI is InChI=1S/C18H20N4O2S/c1-11-19-13(10-25-11)7-22-16-9-20(17(23)12-4-5-12)8-15(16)21-6-2-3-14(21)18(22)24/h2-3,6,10,12,15-16H,4-5,7-9H2,1H3/t15-,16+/m0/s1. The summed E-state index contributed by atoms with van der Waals surface area (Å²) < 4.78 is 2.07. The molecule has 2 fully saturated rings. The minimum absolute atomic E-state index is 0.0251. The molecule has 25 heavy (non-hydrogen) atoms. The maximum atomic E-state index is 13.0. The van der Waals surface area contributed by atoms with E-state index in [1.165, 1.54) is 0 Å². The molecule has 3 aliphatic rings. The van der Waals surface area contributed by atoms with Crippen LogP contribution in [0.3, 0.4) is 0 Å². The number of fused-ring (bicyclic) bond motifs is 3. The molecule has 0 radical (unpaired) electrons. The van der Waals surface area contributed by atoms with Crippen molar-refractivity contribution in [2.24, 2.45) is 5.92 Å². The Morgan fingerprint density at radius 2 is 2.12 bits per heavy atom. The zero-order valence-corrected chi connectivity index (χ0v) is 14.9. The van der Waals surface area contributed by atoms with Gasteiger partial charge in [-0.2, -0.15) is 0 Å². The Bertz CT molecular complexity index is 853. The molecule has 1 saturated carbocycles. The predicted octanol–water partition coefficient (Wildman–Crippen LogP) is 2.07. The van der Waals surface area contributed by atoms with Crippen LogP contribution >= 0.6 is 11.3 Å². The number of aryl methyl sites for hydroxylation is 1. The predicted molar refractivity (Wildman–Crippen MR) is 93.3 cm³/mol. The van der Waals surface area contributed by atoms with Crippen molar-refractivity contribution in [3.8, 4) is 0 Å². The fraction of sp³-hybridized carbons (Fsp3) is 0.500. The molecule has 1 saturated heterocycles. The monoisotopic (exact) mass is 356 g/mol. The van der Waals surface area contributed by atoms with Crippen LogP contribution in [0.4, 0.5) is 0 Å². The normalized spacial score (nSPS) is 25.2. The highest BCUT2D eigenvalue weighted by atomic mass is 32.1. The fourth-order valence-electron chi connectivity index (χ4n) is 4.12. The van der Waals surface area contributed by atoms with Gasteiger partial charge in [0, 0.05) is 30.6 Å². The van der Waals surface area contributed by atoms with Gasteiger partial charge in [-0.15, -0.1) is 11.3 Å². The highest BCUT2D eigenvalue weighted by molar-refractivity contribution is 7.09. The first-order valence-corrected chi connectivity index (χ1v) is 9.67. The van der Waals surface area contributed by atoms with Crippen molar-refractivity contribution in [1.29, 1.82) is 0 Å². The number of carbonyl (C=O) groups excluding carboxylic acids is 2. The number of likely N-dealkylation sites (tertiary alicyclic amines) is 1. The van der Waals surface area contributed by atoms with Crippen LogP contribution in [0, 0.1) is 12.8 Å². The molecule has 7 heteroatoms. The fourth-order valence-corrected chi connectivity index (χ4v) is 4.73. The smallest absolute Gasteiger partial charge is 0.271 e. The lowest BCUT2D eigenvalue weighted by Crippen LogP contribution is -2.50. The van der Waals surface area contributed by atoms with Crippen LogP contribution in [0.5, 0.6) is 0 Å². The van der Waals surface area contributed by atoms with Crippen molar-refractivity contribution in [1.82, 2.24) is 19.4 Å². The summed E-state index contributed by atoms with van der Waals surface area (Å²) in [5.74, 6) is 0.521. The Morgan fingerprint density at radius 3 is 2.84 bits per heavy atom. The number of rotatable bonds is 3. The van der Waals surface area contributed by atoms with E-state index < -0.39 is 0 Å². The lowest BCUT2D eigenvalue weighted by atomic mass is 10.1. The summed E-state index contributed by atoms with van der Waals surface area (Å²) in [6, 6.07) is 3.97. The van der Waals surface area contributed by atoms with Crippen LogP contribution in [0.15, 0.2) is 23.7 Å². The van der Waals surface area contributed by atoms with Crippen LogP contribution in [-0.2, 0) is 11.3 Å². The first-order valence-electron chi connectivity index (χ1n) is 8.79. The number of amides is 2. The molecule has 0 spiro atoms. The molecule has 2 aromatic rings.